The topological polar surface area (TPSA) is 72.8 Å². The van der Waals surface area contributed by atoms with Gasteiger partial charge in [0.1, 0.15) is 0 Å². The molecule has 1 amide bonds. The van der Waals surface area contributed by atoms with Crippen molar-refractivity contribution in [1.29, 1.82) is 0 Å². The second-order valence-electron chi connectivity index (χ2n) is 14.4. The molecule has 5 nitrogen and oxygen atoms in total. The summed E-state index contributed by atoms with van der Waals surface area (Å²) in [6.07, 6.45) is -3.25. The van der Waals surface area contributed by atoms with Crippen molar-refractivity contribution in [1.82, 2.24) is 10.2 Å². The summed E-state index contributed by atoms with van der Waals surface area (Å²) < 4.78 is 84.2. The van der Waals surface area contributed by atoms with Gasteiger partial charge in [-0.05, 0) is 81.1 Å². The Balaban J connectivity index is 1.68. The van der Waals surface area contributed by atoms with Crippen LogP contribution in [-0.2, 0) is 30.2 Å². The van der Waals surface area contributed by atoms with Crippen LogP contribution in [0.2, 0.25) is 5.02 Å². The molecule has 0 aromatic heterocycles. The van der Waals surface area contributed by atoms with E-state index in [2.05, 4.69) is 5.32 Å². The van der Waals surface area contributed by atoms with Gasteiger partial charge in [-0.15, -0.1) is 0 Å². The summed E-state index contributed by atoms with van der Waals surface area (Å²) in [5, 5.41) is 21.8. The summed E-state index contributed by atoms with van der Waals surface area (Å²) >= 11 is 6.89. The Morgan fingerprint density at radius 2 is 1.25 bits per heavy atom. The van der Waals surface area contributed by atoms with Gasteiger partial charge in [0.25, 0.3) is 0 Å². The normalized spacial score (nSPS) is 12.6. The number of carbonyl (C=O) groups excluding carboxylic acids is 1. The van der Waals surface area contributed by atoms with Crippen molar-refractivity contribution in [3.05, 3.63) is 128 Å². The maximum absolute atomic E-state index is 14.2. The van der Waals surface area contributed by atoms with E-state index in [0.717, 1.165) is 17.7 Å². The van der Waals surface area contributed by atoms with Gasteiger partial charge in [0.15, 0.2) is 0 Å². The minimum Gasteiger partial charge on any atom is -0.395 e. The van der Waals surface area contributed by atoms with E-state index < -0.39 is 23.5 Å². The molecule has 0 spiro atoms. The lowest BCUT2D eigenvalue weighted by atomic mass is 9.91. The van der Waals surface area contributed by atoms with Gasteiger partial charge in [-0.3, -0.25) is 4.79 Å². The van der Waals surface area contributed by atoms with E-state index in [4.69, 9.17) is 16.7 Å². The molecule has 12 heteroatoms. The molecule has 0 aliphatic heterocycles. The molecule has 4 aromatic rings. The first kappa shape index (κ1) is 43.3. The second kappa shape index (κ2) is 18.5. The standard InChI is InChI=1S/C43H45ClF6N2O3/c1-28-31(13-15-33-23-29(26-51-19-21-53)11-17-37(33)42(45,46)47)7-5-9-35(28)36-10-6-8-32(40(36)44)14-16-34-24-30(12-18-38(34)43(48,49)50)27-52(20-22-54)39(55)25-41(2,3)4/h5-18,23-24,51,53-54H,19-22,25-27H2,1-4H3/b15-13+,16-14+. The number of amides is 1. The summed E-state index contributed by atoms with van der Waals surface area (Å²) in [6.45, 7) is 7.73. The molecule has 0 bridgehead atoms. The van der Waals surface area contributed by atoms with Crippen molar-refractivity contribution < 1.29 is 41.4 Å². The van der Waals surface area contributed by atoms with Crippen molar-refractivity contribution in [2.45, 2.75) is 59.6 Å². The van der Waals surface area contributed by atoms with Gasteiger partial charge in [0, 0.05) is 38.2 Å². The third-order valence-corrected chi connectivity index (χ3v) is 9.24. The van der Waals surface area contributed by atoms with Crippen LogP contribution in [0.15, 0.2) is 72.8 Å². The number of nitrogens with one attached hydrogen (secondary N) is 1. The van der Waals surface area contributed by atoms with E-state index in [0.29, 0.717) is 39.9 Å². The Morgan fingerprint density at radius 1 is 0.727 bits per heavy atom. The molecule has 0 saturated carbocycles. The summed E-state index contributed by atoms with van der Waals surface area (Å²) in [5.41, 5.74) is 1.98. The third-order valence-electron chi connectivity index (χ3n) is 8.82. The highest BCUT2D eigenvalue weighted by Gasteiger charge is 2.34. The van der Waals surface area contributed by atoms with Crippen LogP contribution in [0.25, 0.3) is 35.4 Å². The molecular weight excluding hydrogens is 742 g/mol. The predicted octanol–water partition coefficient (Wildman–Crippen LogP) is 10.5. The average molecular weight is 787 g/mol. The molecular formula is C43H45ClF6N2O3. The van der Waals surface area contributed by atoms with Gasteiger partial charge in [0.2, 0.25) is 5.91 Å². The van der Waals surface area contributed by atoms with Crippen molar-refractivity contribution in [2.75, 3.05) is 26.3 Å². The van der Waals surface area contributed by atoms with Crippen molar-refractivity contribution in [2.24, 2.45) is 5.41 Å². The Kier molecular flexibility index (Phi) is 14.5. The largest absolute Gasteiger partial charge is 0.416 e. The summed E-state index contributed by atoms with van der Waals surface area (Å²) in [6, 6.07) is 18.0. The smallest absolute Gasteiger partial charge is 0.395 e. The lowest BCUT2D eigenvalue weighted by molar-refractivity contribution is -0.138. The first-order chi connectivity index (χ1) is 25.8. The fraction of sp³-hybridized carbons (Fsp3) is 0.326. The summed E-state index contributed by atoms with van der Waals surface area (Å²) in [7, 11) is 0. The van der Waals surface area contributed by atoms with E-state index in [1.54, 1.807) is 49.4 Å². The minimum atomic E-state index is -4.67. The quantitative estimate of drug-likeness (QED) is 0.0676. The molecule has 0 heterocycles. The van der Waals surface area contributed by atoms with Crippen LogP contribution in [0.3, 0.4) is 0 Å². The number of carbonyl (C=O) groups is 1. The predicted molar refractivity (Wildman–Crippen MR) is 208 cm³/mol. The molecule has 0 radical (unpaired) electrons. The fourth-order valence-corrected chi connectivity index (χ4v) is 6.40. The highest BCUT2D eigenvalue weighted by atomic mass is 35.5. The van der Waals surface area contributed by atoms with Crippen molar-refractivity contribution in [3.8, 4) is 11.1 Å². The molecule has 294 valence electrons. The zero-order valence-corrected chi connectivity index (χ0v) is 31.8. The number of aliphatic hydroxyl groups is 2. The SMILES string of the molecule is Cc1c(/C=C/c2cc(CNCCO)ccc2C(F)(F)F)cccc1-c1cccc(/C=C/c2cc(CN(CCO)C(=O)CC(C)(C)C)ccc2C(F)(F)F)c1Cl. The maximum Gasteiger partial charge on any atom is 0.416 e. The average Bonchev–Trinajstić information content (AvgIpc) is 3.09. The molecule has 0 atom stereocenters. The molecule has 0 aliphatic rings. The van der Waals surface area contributed by atoms with Crippen molar-refractivity contribution in [3.63, 3.8) is 0 Å². The molecule has 55 heavy (non-hydrogen) atoms. The van der Waals surface area contributed by atoms with Crippen LogP contribution in [0, 0.1) is 12.3 Å². The van der Waals surface area contributed by atoms with Crippen LogP contribution >= 0.6 is 11.6 Å². The molecule has 3 N–H and O–H groups in total. The van der Waals surface area contributed by atoms with Gasteiger partial charge in [-0.2, -0.15) is 26.3 Å². The van der Waals surface area contributed by atoms with Gasteiger partial charge < -0.3 is 20.4 Å². The lowest BCUT2D eigenvalue weighted by Crippen LogP contribution is -2.35. The fourth-order valence-electron chi connectivity index (χ4n) is 6.11. The number of benzene rings is 4. The number of alkyl halides is 6. The van der Waals surface area contributed by atoms with E-state index in [1.165, 1.54) is 47.4 Å². The van der Waals surface area contributed by atoms with Gasteiger partial charge in [-0.25, -0.2) is 0 Å². The zero-order chi connectivity index (χ0) is 40.6. The van der Waals surface area contributed by atoms with Crippen LogP contribution in [-0.4, -0.2) is 47.3 Å². The van der Waals surface area contributed by atoms with Gasteiger partial charge in [-0.1, -0.05) is 105 Å². The number of hydrogen-bond acceptors (Lipinski definition) is 4. The molecule has 0 saturated heterocycles. The molecule has 4 aromatic carbocycles. The highest BCUT2D eigenvalue weighted by Crippen LogP contribution is 2.38. The highest BCUT2D eigenvalue weighted by molar-refractivity contribution is 6.35. The third kappa shape index (κ3) is 12.0. The van der Waals surface area contributed by atoms with E-state index >= 15 is 0 Å². The van der Waals surface area contributed by atoms with E-state index in [1.807, 2.05) is 20.8 Å². The molecule has 0 unspecified atom stereocenters. The minimum absolute atomic E-state index is 0.0134. The zero-order valence-electron chi connectivity index (χ0n) is 31.1. The van der Waals surface area contributed by atoms with Crippen LogP contribution < -0.4 is 5.32 Å². The number of rotatable bonds is 14. The summed E-state index contributed by atoms with van der Waals surface area (Å²) in [5.74, 6) is -0.222. The Morgan fingerprint density at radius 3 is 1.82 bits per heavy atom. The number of aliphatic hydroxyl groups excluding tert-OH is 2. The van der Waals surface area contributed by atoms with Gasteiger partial charge >= 0.3 is 12.4 Å². The van der Waals surface area contributed by atoms with Crippen molar-refractivity contribution >= 4 is 41.8 Å². The molecule has 4 rings (SSSR count). The number of hydrogen-bond donors (Lipinski definition) is 3. The first-order valence-electron chi connectivity index (χ1n) is 17.7. The van der Waals surface area contributed by atoms with Crippen LogP contribution in [0.1, 0.15) is 77.3 Å². The Labute approximate surface area is 323 Å². The molecule has 0 aliphatic carbocycles. The molecule has 0 fully saturated rings. The number of nitrogens with zero attached hydrogens (tertiary/aromatic N) is 1. The van der Waals surface area contributed by atoms with E-state index in [-0.39, 0.29) is 66.7 Å². The Hall–Kier alpha value is -4.42. The van der Waals surface area contributed by atoms with Gasteiger partial charge in [0.05, 0.1) is 29.4 Å². The Bertz CT molecular complexity index is 2020. The first-order valence-corrected chi connectivity index (χ1v) is 18.1. The van der Waals surface area contributed by atoms with Crippen LogP contribution in [0.5, 0.6) is 0 Å². The second-order valence-corrected chi connectivity index (χ2v) is 14.8. The van der Waals surface area contributed by atoms with E-state index in [9.17, 15) is 36.2 Å². The maximum atomic E-state index is 14.2. The number of halogens is 7. The lowest BCUT2D eigenvalue weighted by Gasteiger charge is -2.26. The monoisotopic (exact) mass is 786 g/mol. The summed E-state index contributed by atoms with van der Waals surface area (Å²) in [4.78, 5) is 14.4. The van der Waals surface area contributed by atoms with Crippen LogP contribution in [0.4, 0.5) is 26.3 Å².